The van der Waals surface area contributed by atoms with E-state index >= 15 is 0 Å². The third kappa shape index (κ3) is 8.85. The van der Waals surface area contributed by atoms with Gasteiger partial charge >= 0.3 is 27.0 Å². The molecule has 9 nitrogen and oxygen atoms in total. The Morgan fingerprint density at radius 2 is 1.65 bits per heavy atom. The smallest absolute Gasteiger partial charge is 0.677 e. The number of aliphatic hydroxyl groups is 4. The zero-order valence-electron chi connectivity index (χ0n) is 12.4. The minimum Gasteiger partial charge on any atom is -0.677 e. The fraction of sp³-hybridized carbons (Fsp3) is 0.846. The summed E-state index contributed by atoms with van der Waals surface area (Å²) in [6.45, 7) is 0.466. The van der Waals surface area contributed by atoms with E-state index in [1.807, 2.05) is 0 Å². The summed E-state index contributed by atoms with van der Waals surface area (Å²) in [4.78, 5) is 20.0. The van der Waals surface area contributed by atoms with Crippen LogP contribution < -0.4 is 0 Å². The molecule has 6 atom stereocenters. The van der Waals surface area contributed by atoms with E-state index in [1.54, 1.807) is 0 Å². The van der Waals surface area contributed by atoms with Gasteiger partial charge in [-0.2, -0.15) is 0 Å². The average Bonchev–Trinajstić information content (AvgIpc) is 2.52. The van der Waals surface area contributed by atoms with E-state index in [9.17, 15) is 9.59 Å². The van der Waals surface area contributed by atoms with Crippen LogP contribution in [0.4, 0.5) is 0 Å². The number of hydrogen-bond acceptors (Lipinski definition) is 6. The molecule has 138 valence electrons. The zero-order chi connectivity index (χ0) is 17.3. The predicted octanol–water partition coefficient (Wildman–Crippen LogP) is -0.639. The minimum atomic E-state index is -2.25. The Hall–Kier alpha value is -0.412. The van der Waals surface area contributed by atoms with E-state index < -0.39 is 30.4 Å². The molecule has 1 aliphatic rings. The number of carbonyl (C=O) groups excluding carboxylic acids is 1. The number of rotatable bonds is 6. The van der Waals surface area contributed by atoms with Crippen molar-refractivity contribution in [3.63, 3.8) is 0 Å². The Labute approximate surface area is 148 Å². The van der Waals surface area contributed by atoms with Crippen LogP contribution in [0.25, 0.3) is 11.5 Å². The number of hydrogen-bond donors (Lipinski definition) is 5. The first-order chi connectivity index (χ1) is 10.3. The van der Waals surface area contributed by atoms with Crippen LogP contribution in [0.15, 0.2) is 0 Å². The summed E-state index contributed by atoms with van der Waals surface area (Å²) in [6, 6.07) is 0.0799. The van der Waals surface area contributed by atoms with E-state index in [0.29, 0.717) is 12.5 Å². The molecule has 1 rings (SSSR count). The monoisotopic (exact) mass is 515 g/mol. The van der Waals surface area contributed by atoms with Gasteiger partial charge in [-0.3, -0.25) is 0 Å². The molecule has 0 aromatic rings. The maximum absolute atomic E-state index is 10.1. The molecule has 0 radical (unpaired) electrons. The van der Waals surface area contributed by atoms with Gasteiger partial charge in [-0.15, -0.1) is 12.6 Å². The topological polar surface area (TPSA) is 183 Å². The van der Waals surface area contributed by atoms with Gasteiger partial charge in [0.15, 0.2) is 12.4 Å². The second kappa shape index (κ2) is 12.9. The molecule has 23 heavy (non-hydrogen) atoms. The number of carboxylic acids is 1. The number of nitrogens with one attached hydrogen (secondary N) is 2. The Kier molecular flexibility index (Phi) is 14.0. The number of aliphatic hydroxyl groups excluding tert-OH is 4. The van der Waals surface area contributed by atoms with Crippen molar-refractivity contribution in [3.05, 3.63) is 11.5 Å². The number of aliphatic carboxylic acids is 1. The molecule has 7 N–H and O–H groups in total. The molecule has 0 amide bonds. The minimum absolute atomic E-state index is 0. The van der Waals surface area contributed by atoms with Gasteiger partial charge in [0.25, 0.3) is 0 Å². The van der Waals surface area contributed by atoms with Gasteiger partial charge in [0, 0.05) is 0 Å². The number of carbonyl (C=O) groups is 2. The van der Waals surface area contributed by atoms with Gasteiger partial charge in [0.1, 0.15) is 18.3 Å². The Bertz CT molecular complexity index is 348. The molecular weight excluding hydrogens is 491 g/mol. The third-order valence-electron chi connectivity index (χ3n) is 3.59. The van der Waals surface area contributed by atoms with Crippen molar-refractivity contribution in [3.8, 4) is 0 Å². The van der Waals surface area contributed by atoms with Gasteiger partial charge in [-0.25, -0.2) is 4.79 Å². The zero-order valence-corrected chi connectivity index (χ0v) is 14.7. The number of aldehydes is 1. The summed E-state index contributed by atoms with van der Waals surface area (Å²) in [5.41, 5.74) is 14.6. The number of carboxylic acid groups (broad SMARTS) is 1. The maximum Gasteiger partial charge on any atom is 2.00 e. The van der Waals surface area contributed by atoms with Crippen LogP contribution in [0.3, 0.4) is 0 Å². The van der Waals surface area contributed by atoms with Gasteiger partial charge in [-0.05, 0) is 0 Å². The molecule has 1 saturated carbocycles. The van der Waals surface area contributed by atoms with Crippen LogP contribution >= 0.6 is 0 Å². The molecule has 0 saturated heterocycles. The normalized spacial score (nSPS) is 25.7. The molecule has 0 aromatic heterocycles. The summed E-state index contributed by atoms with van der Waals surface area (Å²) < 4.78 is 0. The van der Waals surface area contributed by atoms with E-state index in [2.05, 4.69) is 0 Å². The van der Waals surface area contributed by atoms with Crippen molar-refractivity contribution >= 4 is 12.3 Å². The first-order valence-electron chi connectivity index (χ1n) is 7.02. The largest absolute Gasteiger partial charge is 2.00 e. The van der Waals surface area contributed by atoms with Crippen molar-refractivity contribution in [2.75, 3.05) is 6.54 Å². The fourth-order valence-corrected chi connectivity index (χ4v) is 2.07. The van der Waals surface area contributed by atoms with E-state index in [0.717, 1.165) is 12.8 Å². The standard InChI is InChI=1S/C7H14N2.C6H10O7.Pt/c8-5-6-3-1-2-4-7(6)9;7-1-2(8)3(9)4(10)5(11)6(12)13;/h6-9H,1-5H2;1-5,8-11H,(H,12,13);/q-2;;+2. The second-order valence-corrected chi connectivity index (χ2v) is 5.25. The van der Waals surface area contributed by atoms with Crippen molar-refractivity contribution in [2.24, 2.45) is 5.92 Å². The van der Waals surface area contributed by atoms with Gasteiger partial charge in [-0.1, -0.05) is 31.6 Å². The molecule has 0 bridgehead atoms. The molecule has 0 aliphatic heterocycles. The quantitative estimate of drug-likeness (QED) is 0.292. The Balaban J connectivity index is 0. The molecule has 0 aromatic carbocycles. The van der Waals surface area contributed by atoms with Crippen LogP contribution in [0.1, 0.15) is 25.7 Å². The molecule has 6 unspecified atom stereocenters. The van der Waals surface area contributed by atoms with Crippen molar-refractivity contribution in [2.45, 2.75) is 56.1 Å². The van der Waals surface area contributed by atoms with E-state index in [4.69, 9.17) is 37.0 Å². The van der Waals surface area contributed by atoms with Crippen LogP contribution in [0, 0.1) is 5.92 Å². The summed E-state index contributed by atoms with van der Waals surface area (Å²) in [5.74, 6) is -1.37. The average molecular weight is 515 g/mol. The van der Waals surface area contributed by atoms with Crippen molar-refractivity contribution in [1.29, 1.82) is 0 Å². The molecule has 1 fully saturated rings. The van der Waals surface area contributed by atoms with Crippen LogP contribution in [-0.4, -0.2) is 74.8 Å². The van der Waals surface area contributed by atoms with E-state index in [1.165, 1.54) is 12.8 Å². The first kappa shape index (κ1) is 24.8. The summed E-state index contributed by atoms with van der Waals surface area (Å²) >= 11 is 0. The van der Waals surface area contributed by atoms with Crippen LogP contribution in [0.5, 0.6) is 0 Å². The van der Waals surface area contributed by atoms with Crippen molar-refractivity contribution in [1.82, 2.24) is 0 Å². The second-order valence-electron chi connectivity index (χ2n) is 5.25. The third-order valence-corrected chi connectivity index (χ3v) is 3.59. The first-order valence-corrected chi connectivity index (χ1v) is 7.02. The Morgan fingerprint density at radius 1 is 1.13 bits per heavy atom. The van der Waals surface area contributed by atoms with Gasteiger partial charge in [0.2, 0.25) is 0 Å². The molecule has 0 spiro atoms. The fourth-order valence-electron chi connectivity index (χ4n) is 2.07. The summed E-state index contributed by atoms with van der Waals surface area (Å²) in [7, 11) is 0. The SMILES string of the molecule is O=CC(O)C(O)C(O)C(O)C(=O)O.[NH-]CC1CCCCC1[NH-].[Pt+2]. The summed E-state index contributed by atoms with van der Waals surface area (Å²) in [5, 5.41) is 43.2. The van der Waals surface area contributed by atoms with E-state index in [-0.39, 0.29) is 33.4 Å². The molecular formula is C13H24N2O7Pt. The Morgan fingerprint density at radius 3 is 2.00 bits per heavy atom. The summed E-state index contributed by atoms with van der Waals surface area (Å²) in [6.07, 6.45) is -3.78. The maximum atomic E-state index is 10.1. The van der Waals surface area contributed by atoms with Gasteiger partial charge < -0.3 is 41.8 Å². The van der Waals surface area contributed by atoms with Crippen LogP contribution in [0.2, 0.25) is 0 Å². The van der Waals surface area contributed by atoms with Gasteiger partial charge in [0.05, 0.1) is 0 Å². The predicted molar refractivity (Wildman–Crippen MR) is 77.0 cm³/mol. The molecule has 0 heterocycles. The van der Waals surface area contributed by atoms with Crippen molar-refractivity contribution < 1.29 is 56.2 Å². The van der Waals surface area contributed by atoms with Crippen LogP contribution in [-0.2, 0) is 30.7 Å². The molecule has 1 aliphatic carbocycles. The molecule has 10 heteroatoms.